The normalized spacial score (nSPS) is 14.8. The van der Waals surface area contributed by atoms with Crippen LogP contribution in [0.2, 0.25) is 5.02 Å². The molecule has 0 bridgehead atoms. The van der Waals surface area contributed by atoms with Crippen LogP contribution in [0.5, 0.6) is 5.75 Å². The van der Waals surface area contributed by atoms with Gasteiger partial charge in [0.1, 0.15) is 5.75 Å². The molecule has 0 spiro atoms. The molecule has 0 aliphatic heterocycles. The van der Waals surface area contributed by atoms with Gasteiger partial charge in [0.05, 0.1) is 16.8 Å². The van der Waals surface area contributed by atoms with Crippen LogP contribution in [0.15, 0.2) is 36.4 Å². The Hall–Kier alpha value is -1.71. The van der Waals surface area contributed by atoms with Gasteiger partial charge in [0.15, 0.2) is 0 Å². The summed E-state index contributed by atoms with van der Waals surface area (Å²) in [7, 11) is 1.99. The number of nitrogens with one attached hydrogen (secondary N) is 2. The third-order valence-electron chi connectivity index (χ3n) is 5.61. The van der Waals surface area contributed by atoms with E-state index >= 15 is 0 Å². The molecule has 0 atom stereocenters. The molecule has 28 heavy (non-hydrogen) atoms. The van der Waals surface area contributed by atoms with Gasteiger partial charge >= 0.3 is 0 Å². The SMILES string of the molecule is CCc1ccc(Cl)c(NCc2ccc(OC3CCCCC3)cc2)c1CCNC. The Bertz CT molecular complexity index is 739. The van der Waals surface area contributed by atoms with Crippen molar-refractivity contribution >= 4 is 17.3 Å². The average molecular weight is 401 g/mol. The molecule has 0 amide bonds. The quantitative estimate of drug-likeness (QED) is 0.542. The maximum atomic E-state index is 6.53. The number of anilines is 1. The Balaban J connectivity index is 1.64. The average Bonchev–Trinajstić information content (AvgIpc) is 2.73. The van der Waals surface area contributed by atoms with E-state index in [4.69, 9.17) is 16.3 Å². The molecular weight excluding hydrogens is 368 g/mol. The minimum absolute atomic E-state index is 0.392. The molecule has 0 saturated heterocycles. The summed E-state index contributed by atoms with van der Waals surface area (Å²) >= 11 is 6.53. The molecule has 1 saturated carbocycles. The summed E-state index contributed by atoms with van der Waals surface area (Å²) in [5.74, 6) is 0.983. The third-order valence-corrected chi connectivity index (χ3v) is 5.93. The highest BCUT2D eigenvalue weighted by atomic mass is 35.5. The smallest absolute Gasteiger partial charge is 0.119 e. The van der Waals surface area contributed by atoms with Crippen LogP contribution in [0.3, 0.4) is 0 Å². The van der Waals surface area contributed by atoms with Crippen LogP contribution in [-0.2, 0) is 19.4 Å². The lowest BCUT2D eigenvalue weighted by molar-refractivity contribution is 0.155. The van der Waals surface area contributed by atoms with E-state index in [1.807, 2.05) is 13.1 Å². The van der Waals surface area contributed by atoms with Crippen LogP contribution in [0, 0.1) is 0 Å². The zero-order valence-electron chi connectivity index (χ0n) is 17.2. The van der Waals surface area contributed by atoms with Crippen molar-refractivity contribution in [3.8, 4) is 5.75 Å². The lowest BCUT2D eigenvalue weighted by Gasteiger charge is -2.23. The molecule has 2 aromatic rings. The van der Waals surface area contributed by atoms with Crippen molar-refractivity contribution in [3.05, 3.63) is 58.1 Å². The van der Waals surface area contributed by atoms with Gasteiger partial charge in [-0.05, 0) is 87.0 Å². The first-order chi connectivity index (χ1) is 13.7. The molecule has 2 N–H and O–H groups in total. The summed E-state index contributed by atoms with van der Waals surface area (Å²) in [4.78, 5) is 0. The van der Waals surface area contributed by atoms with Crippen molar-refractivity contribution in [3.63, 3.8) is 0 Å². The lowest BCUT2D eigenvalue weighted by atomic mass is 9.98. The molecule has 2 aromatic carbocycles. The van der Waals surface area contributed by atoms with Crippen LogP contribution in [0.1, 0.15) is 55.7 Å². The maximum absolute atomic E-state index is 6.53. The van der Waals surface area contributed by atoms with E-state index in [9.17, 15) is 0 Å². The van der Waals surface area contributed by atoms with Gasteiger partial charge in [-0.1, -0.05) is 43.1 Å². The van der Waals surface area contributed by atoms with Gasteiger partial charge in [0, 0.05) is 6.54 Å². The lowest BCUT2D eigenvalue weighted by Crippen LogP contribution is -2.19. The van der Waals surface area contributed by atoms with E-state index in [1.165, 1.54) is 48.8 Å². The number of hydrogen-bond acceptors (Lipinski definition) is 3. The van der Waals surface area contributed by atoms with Crippen LogP contribution in [0.4, 0.5) is 5.69 Å². The van der Waals surface area contributed by atoms with Crippen molar-refractivity contribution in [1.29, 1.82) is 0 Å². The van der Waals surface area contributed by atoms with E-state index in [0.717, 1.165) is 42.4 Å². The second-order valence-corrected chi connectivity index (χ2v) is 8.05. The van der Waals surface area contributed by atoms with Gasteiger partial charge in [-0.3, -0.25) is 0 Å². The standard InChI is InChI=1S/C24H33ClN2O/c1-3-19-11-14-23(25)24(22(19)15-16-26-2)27-17-18-9-12-21(13-10-18)28-20-7-5-4-6-8-20/h9-14,20,26-27H,3-8,15-17H2,1-2H3. The van der Waals surface area contributed by atoms with Crippen LogP contribution in [0.25, 0.3) is 0 Å². The van der Waals surface area contributed by atoms with Crippen molar-refractivity contribution in [2.24, 2.45) is 0 Å². The molecule has 4 heteroatoms. The van der Waals surface area contributed by atoms with Crippen LogP contribution < -0.4 is 15.4 Å². The number of aryl methyl sites for hydroxylation is 1. The number of rotatable bonds is 9. The minimum atomic E-state index is 0.392. The molecule has 0 radical (unpaired) electrons. The van der Waals surface area contributed by atoms with E-state index in [-0.39, 0.29) is 0 Å². The maximum Gasteiger partial charge on any atom is 0.119 e. The minimum Gasteiger partial charge on any atom is -0.490 e. The third kappa shape index (κ3) is 5.65. The highest BCUT2D eigenvalue weighted by Gasteiger charge is 2.15. The molecule has 1 fully saturated rings. The van der Waals surface area contributed by atoms with Crippen molar-refractivity contribution in [2.45, 2.75) is 64.5 Å². The van der Waals surface area contributed by atoms with Crippen LogP contribution >= 0.6 is 11.6 Å². The Morgan fingerprint density at radius 3 is 2.46 bits per heavy atom. The van der Waals surface area contributed by atoms with Gasteiger partial charge in [0.25, 0.3) is 0 Å². The van der Waals surface area contributed by atoms with Crippen molar-refractivity contribution < 1.29 is 4.74 Å². The molecule has 1 aliphatic carbocycles. The first-order valence-electron chi connectivity index (χ1n) is 10.7. The zero-order valence-corrected chi connectivity index (χ0v) is 17.9. The second-order valence-electron chi connectivity index (χ2n) is 7.64. The fraction of sp³-hybridized carbons (Fsp3) is 0.500. The number of hydrogen-bond donors (Lipinski definition) is 2. The predicted octanol–water partition coefficient (Wildman–Crippen LogP) is 5.99. The second kappa shape index (κ2) is 10.7. The number of ether oxygens (including phenoxy) is 1. The molecule has 0 aromatic heterocycles. The molecule has 3 nitrogen and oxygen atoms in total. The first kappa shape index (κ1) is 21.0. The molecular formula is C24H33ClN2O. The summed E-state index contributed by atoms with van der Waals surface area (Å²) in [5, 5.41) is 7.62. The van der Waals surface area contributed by atoms with Crippen LogP contribution in [-0.4, -0.2) is 19.7 Å². The molecule has 1 aliphatic rings. The molecule has 0 unspecified atom stereocenters. The van der Waals surface area contributed by atoms with E-state index < -0.39 is 0 Å². The van der Waals surface area contributed by atoms with Crippen molar-refractivity contribution in [2.75, 3.05) is 18.9 Å². The largest absolute Gasteiger partial charge is 0.490 e. The summed E-state index contributed by atoms with van der Waals surface area (Å²) in [5.41, 5.74) is 4.98. The Morgan fingerprint density at radius 1 is 1.04 bits per heavy atom. The summed E-state index contributed by atoms with van der Waals surface area (Å²) < 4.78 is 6.14. The monoisotopic (exact) mass is 400 g/mol. The molecule has 3 rings (SSSR count). The first-order valence-corrected chi connectivity index (χ1v) is 11.0. The van der Waals surface area contributed by atoms with Gasteiger partial charge in [-0.25, -0.2) is 0 Å². The fourth-order valence-corrected chi connectivity index (χ4v) is 4.22. The molecule has 152 valence electrons. The number of halogens is 1. The van der Waals surface area contributed by atoms with Gasteiger partial charge in [-0.2, -0.15) is 0 Å². The highest BCUT2D eigenvalue weighted by molar-refractivity contribution is 6.33. The van der Waals surface area contributed by atoms with Gasteiger partial charge < -0.3 is 15.4 Å². The summed E-state index contributed by atoms with van der Waals surface area (Å²) in [6.45, 7) is 3.89. The van der Waals surface area contributed by atoms with E-state index in [1.54, 1.807) is 0 Å². The van der Waals surface area contributed by atoms with Gasteiger partial charge in [0.2, 0.25) is 0 Å². The highest BCUT2D eigenvalue weighted by Crippen LogP contribution is 2.31. The number of likely N-dealkylation sites (N-methyl/N-ethyl adjacent to an activating group) is 1. The topological polar surface area (TPSA) is 33.3 Å². The zero-order chi connectivity index (χ0) is 19.8. The fourth-order valence-electron chi connectivity index (χ4n) is 3.97. The Kier molecular flexibility index (Phi) is 8.05. The van der Waals surface area contributed by atoms with E-state index in [0.29, 0.717) is 6.10 Å². The number of benzene rings is 2. The Labute approximate surface area is 174 Å². The Morgan fingerprint density at radius 2 is 1.79 bits per heavy atom. The van der Waals surface area contributed by atoms with E-state index in [2.05, 4.69) is 47.9 Å². The van der Waals surface area contributed by atoms with Gasteiger partial charge in [-0.15, -0.1) is 0 Å². The predicted molar refractivity (Wildman–Crippen MR) is 120 cm³/mol. The summed E-state index contributed by atoms with van der Waals surface area (Å²) in [6, 6.07) is 12.6. The summed E-state index contributed by atoms with van der Waals surface area (Å²) in [6.07, 6.45) is 8.68. The van der Waals surface area contributed by atoms with Crippen molar-refractivity contribution in [1.82, 2.24) is 5.32 Å². The molecule has 0 heterocycles.